The third-order valence-electron chi connectivity index (χ3n) is 7.45. The Morgan fingerprint density at radius 2 is 1.90 bits per heavy atom. The van der Waals surface area contributed by atoms with Gasteiger partial charge in [-0.25, -0.2) is 4.98 Å². The molecule has 0 radical (unpaired) electrons. The van der Waals surface area contributed by atoms with E-state index in [0.29, 0.717) is 58.5 Å². The first-order valence-electron chi connectivity index (χ1n) is 13.5. The van der Waals surface area contributed by atoms with E-state index in [-0.39, 0.29) is 24.6 Å². The lowest BCUT2D eigenvalue weighted by Crippen LogP contribution is -2.38. The molecule has 42 heavy (non-hydrogen) atoms. The van der Waals surface area contributed by atoms with Gasteiger partial charge >= 0.3 is 6.18 Å². The molecule has 216 valence electrons. The molecule has 5 heterocycles. The highest BCUT2D eigenvalue weighted by Gasteiger charge is 2.39. The van der Waals surface area contributed by atoms with Gasteiger partial charge in [0.25, 0.3) is 5.91 Å². The van der Waals surface area contributed by atoms with Crippen molar-refractivity contribution in [3.8, 4) is 11.1 Å². The number of fused-ring (bicyclic) bond motifs is 2. The van der Waals surface area contributed by atoms with E-state index in [0.717, 1.165) is 15.8 Å². The Morgan fingerprint density at radius 1 is 1.10 bits per heavy atom. The summed E-state index contributed by atoms with van der Waals surface area (Å²) < 4.78 is 50.5. The molecule has 0 N–H and O–H groups in total. The summed E-state index contributed by atoms with van der Waals surface area (Å²) in [5.41, 5.74) is 3.77. The minimum absolute atomic E-state index is 0.0489. The lowest BCUT2D eigenvalue weighted by Gasteiger charge is -2.31. The second kappa shape index (κ2) is 10.7. The summed E-state index contributed by atoms with van der Waals surface area (Å²) in [5, 5.41) is 4.50. The normalized spacial score (nSPS) is 13.7. The Morgan fingerprint density at radius 3 is 2.62 bits per heavy atom. The highest BCUT2D eigenvalue weighted by molar-refractivity contribution is 6.13. The number of hydrogen-bond acceptors (Lipinski definition) is 6. The number of anilines is 1. The summed E-state index contributed by atoms with van der Waals surface area (Å²) in [6.45, 7) is 2.88. The van der Waals surface area contributed by atoms with Gasteiger partial charge in [-0.1, -0.05) is 6.92 Å². The first-order chi connectivity index (χ1) is 20.2. The van der Waals surface area contributed by atoms with Crippen molar-refractivity contribution >= 4 is 22.5 Å². The Hall–Kier alpha value is -4.58. The molecular formula is C30H28F3N7O2. The number of rotatable bonds is 7. The number of aromatic nitrogens is 6. The zero-order chi connectivity index (χ0) is 29.6. The van der Waals surface area contributed by atoms with E-state index in [1.54, 1.807) is 59.7 Å². The molecule has 9 nitrogen and oxygen atoms in total. The molecule has 4 aromatic heterocycles. The monoisotopic (exact) mass is 575 g/mol. The molecule has 0 saturated heterocycles. The van der Waals surface area contributed by atoms with Gasteiger partial charge < -0.3 is 14.2 Å². The van der Waals surface area contributed by atoms with Gasteiger partial charge in [0.05, 0.1) is 29.8 Å². The number of halogens is 3. The molecule has 0 saturated carbocycles. The lowest BCUT2D eigenvalue weighted by molar-refractivity contribution is -0.140. The number of nitrogens with zero attached hydrogens (tertiary/aromatic N) is 7. The van der Waals surface area contributed by atoms with Crippen molar-refractivity contribution in [2.75, 3.05) is 18.6 Å². The molecule has 1 amide bonds. The highest BCUT2D eigenvalue weighted by Crippen LogP contribution is 2.41. The van der Waals surface area contributed by atoms with Gasteiger partial charge in [0.1, 0.15) is 0 Å². The molecule has 0 atom stereocenters. The molecular weight excluding hydrogens is 547 g/mol. The van der Waals surface area contributed by atoms with Crippen LogP contribution in [0.1, 0.15) is 45.5 Å². The van der Waals surface area contributed by atoms with Crippen LogP contribution >= 0.6 is 0 Å². The summed E-state index contributed by atoms with van der Waals surface area (Å²) in [4.78, 5) is 29.2. The van der Waals surface area contributed by atoms with Crippen LogP contribution in [0, 0.1) is 0 Å². The first-order valence-corrected chi connectivity index (χ1v) is 13.5. The van der Waals surface area contributed by atoms with Crippen molar-refractivity contribution in [3.05, 3.63) is 89.2 Å². The largest absolute Gasteiger partial charge is 0.435 e. The number of amides is 1. The Labute approximate surface area is 239 Å². The molecule has 0 bridgehead atoms. The van der Waals surface area contributed by atoms with Crippen molar-refractivity contribution in [2.24, 2.45) is 7.05 Å². The summed E-state index contributed by atoms with van der Waals surface area (Å²) in [6, 6.07) is 7.23. The smallest absolute Gasteiger partial charge is 0.378 e. The predicted molar refractivity (Wildman–Crippen MR) is 150 cm³/mol. The van der Waals surface area contributed by atoms with Gasteiger partial charge in [0.15, 0.2) is 5.69 Å². The van der Waals surface area contributed by atoms with E-state index in [1.807, 2.05) is 13.0 Å². The van der Waals surface area contributed by atoms with Crippen LogP contribution < -0.4 is 4.90 Å². The highest BCUT2D eigenvalue weighted by atomic mass is 19.4. The van der Waals surface area contributed by atoms with Gasteiger partial charge in [-0.15, -0.1) is 0 Å². The van der Waals surface area contributed by atoms with E-state index in [1.165, 1.54) is 13.2 Å². The maximum atomic E-state index is 14.3. The van der Waals surface area contributed by atoms with Crippen molar-refractivity contribution in [1.82, 2.24) is 29.3 Å². The maximum Gasteiger partial charge on any atom is 0.435 e. The minimum atomic E-state index is -4.66. The summed E-state index contributed by atoms with van der Waals surface area (Å²) in [5.74, 6) is -0.293. The van der Waals surface area contributed by atoms with Crippen LogP contribution in [-0.2, 0) is 44.0 Å². The molecule has 6 rings (SSSR count). The first kappa shape index (κ1) is 27.6. The zero-order valence-corrected chi connectivity index (χ0v) is 23.3. The zero-order valence-electron chi connectivity index (χ0n) is 23.3. The number of carbonyl (C=O) groups is 1. The fourth-order valence-corrected chi connectivity index (χ4v) is 5.62. The quantitative estimate of drug-likeness (QED) is 0.265. The number of alkyl halides is 3. The average Bonchev–Trinajstić information content (AvgIpc) is 3.62. The van der Waals surface area contributed by atoms with Gasteiger partial charge in [-0.3, -0.25) is 19.4 Å². The Bertz CT molecular complexity index is 1800. The third kappa shape index (κ3) is 4.91. The second-order valence-corrected chi connectivity index (χ2v) is 10.2. The number of methoxy groups -OCH3 is 1. The molecule has 12 heteroatoms. The van der Waals surface area contributed by atoms with Crippen LogP contribution in [0.2, 0.25) is 0 Å². The van der Waals surface area contributed by atoms with E-state index in [2.05, 4.69) is 20.1 Å². The van der Waals surface area contributed by atoms with Gasteiger partial charge in [0, 0.05) is 74.2 Å². The fourth-order valence-electron chi connectivity index (χ4n) is 5.62. The van der Waals surface area contributed by atoms with Crippen LogP contribution in [0.25, 0.3) is 22.0 Å². The van der Waals surface area contributed by atoms with Crippen LogP contribution in [0.5, 0.6) is 0 Å². The summed E-state index contributed by atoms with van der Waals surface area (Å²) >= 11 is 0. The summed E-state index contributed by atoms with van der Waals surface area (Å²) in [7, 11) is 3.05. The lowest BCUT2D eigenvalue weighted by atomic mass is 9.88. The topological polar surface area (TPSA) is 91.0 Å². The molecule has 5 aromatic rings. The van der Waals surface area contributed by atoms with Gasteiger partial charge in [0.2, 0.25) is 0 Å². The average molecular weight is 576 g/mol. The van der Waals surface area contributed by atoms with Crippen molar-refractivity contribution in [2.45, 2.75) is 39.1 Å². The molecule has 1 aliphatic heterocycles. The number of ether oxygens (including phenoxy) is 1. The molecule has 0 spiro atoms. The van der Waals surface area contributed by atoms with Crippen LogP contribution in [0.4, 0.5) is 18.9 Å². The number of hydrogen-bond donors (Lipinski definition) is 0. The van der Waals surface area contributed by atoms with Crippen LogP contribution in [0.3, 0.4) is 0 Å². The molecule has 0 unspecified atom stereocenters. The number of benzene rings is 1. The Kier molecular flexibility index (Phi) is 7.01. The Balaban J connectivity index is 1.52. The maximum absolute atomic E-state index is 14.3. The molecule has 0 aliphatic carbocycles. The predicted octanol–water partition coefficient (Wildman–Crippen LogP) is 5.21. The third-order valence-corrected chi connectivity index (χ3v) is 7.45. The molecule has 1 aliphatic rings. The number of imidazole rings is 1. The minimum Gasteiger partial charge on any atom is -0.378 e. The fraction of sp³-hybridized carbons (Fsp3) is 0.300. The van der Waals surface area contributed by atoms with Gasteiger partial charge in [-0.2, -0.15) is 18.3 Å². The van der Waals surface area contributed by atoms with Crippen molar-refractivity contribution < 1.29 is 22.7 Å². The van der Waals surface area contributed by atoms with Crippen LogP contribution in [0.15, 0.2) is 55.4 Å². The van der Waals surface area contributed by atoms with E-state index >= 15 is 0 Å². The second-order valence-electron chi connectivity index (χ2n) is 10.2. The van der Waals surface area contributed by atoms with Crippen molar-refractivity contribution in [3.63, 3.8) is 0 Å². The molecule has 0 fully saturated rings. The molecule has 1 aromatic carbocycles. The number of aryl methyl sites for hydroxylation is 2. The number of carbonyl (C=O) groups excluding carboxylic acids is 1. The van der Waals surface area contributed by atoms with Crippen molar-refractivity contribution in [1.29, 1.82) is 0 Å². The van der Waals surface area contributed by atoms with Crippen LogP contribution in [-0.4, -0.2) is 48.9 Å². The summed E-state index contributed by atoms with van der Waals surface area (Å²) in [6.07, 6.45) is 4.40. The standard InChI is InChI=1S/C30H28F3N7O2/c1-4-19-13-23-26(5-7-35-27(23)25(36-19)16-42-3)40-9-6-20-21(24-15-38(2)37-28(24)30(31,32)33)11-18(12-22(20)29(40)41)14-39-10-8-34-17-39/h5,7-8,10-13,15,17H,4,6,9,14,16H2,1-3H3. The van der Waals surface area contributed by atoms with E-state index in [9.17, 15) is 18.0 Å². The number of pyridine rings is 2. The van der Waals surface area contributed by atoms with E-state index in [4.69, 9.17) is 4.74 Å². The van der Waals surface area contributed by atoms with Gasteiger partial charge in [-0.05, 0) is 53.8 Å². The van der Waals surface area contributed by atoms with E-state index < -0.39 is 11.9 Å². The SMILES string of the molecule is CCc1cc2c(N3CCc4c(cc(Cn5ccnc5)cc4-c4cn(C)nc4C(F)(F)F)C3=O)ccnc2c(COC)n1.